The van der Waals surface area contributed by atoms with Gasteiger partial charge in [-0.15, -0.1) is 0 Å². The van der Waals surface area contributed by atoms with Crippen molar-refractivity contribution in [2.45, 2.75) is 39.2 Å². The number of nitrogens with zero attached hydrogens (tertiary/aromatic N) is 1. The summed E-state index contributed by atoms with van der Waals surface area (Å²) in [7, 11) is 0. The van der Waals surface area contributed by atoms with Crippen LogP contribution in [0.1, 0.15) is 41.1 Å². The van der Waals surface area contributed by atoms with Crippen LogP contribution >= 0.6 is 0 Å². The average Bonchev–Trinajstić information content (AvgIpc) is 2.89. The highest BCUT2D eigenvalue weighted by molar-refractivity contribution is 5.96. The second-order valence-corrected chi connectivity index (χ2v) is 4.54. The molecule has 1 aromatic heterocycles. The van der Waals surface area contributed by atoms with E-state index in [0.717, 1.165) is 13.0 Å². The quantitative estimate of drug-likeness (QED) is 0.824. The molecule has 0 bridgehead atoms. The normalized spacial score (nSPS) is 19.5. The van der Waals surface area contributed by atoms with Gasteiger partial charge in [0.05, 0.1) is 5.69 Å². The molecule has 1 aliphatic rings. The Labute approximate surface area is 101 Å². The molecule has 1 saturated heterocycles. The molecule has 1 amide bonds. The fourth-order valence-electron chi connectivity index (χ4n) is 2.26. The van der Waals surface area contributed by atoms with Crippen LogP contribution in [-0.4, -0.2) is 30.2 Å². The summed E-state index contributed by atoms with van der Waals surface area (Å²) in [5.74, 6) is 0.498. The summed E-state index contributed by atoms with van der Waals surface area (Å²) in [5.41, 5.74) is 1.23. The van der Waals surface area contributed by atoms with Gasteiger partial charge in [-0.2, -0.15) is 0 Å². The minimum Gasteiger partial charge on any atom is -0.361 e. The molecule has 17 heavy (non-hydrogen) atoms. The van der Waals surface area contributed by atoms with E-state index >= 15 is 0 Å². The van der Waals surface area contributed by atoms with Crippen molar-refractivity contribution in [2.75, 3.05) is 13.1 Å². The van der Waals surface area contributed by atoms with E-state index in [0.29, 0.717) is 29.6 Å². The number of aromatic nitrogens is 1. The summed E-state index contributed by atoms with van der Waals surface area (Å²) in [6.07, 6.45) is 3.43. The van der Waals surface area contributed by atoms with Gasteiger partial charge < -0.3 is 15.2 Å². The predicted octanol–water partition coefficient (Wildman–Crippen LogP) is 1.16. The van der Waals surface area contributed by atoms with Crippen LogP contribution in [0.3, 0.4) is 0 Å². The van der Waals surface area contributed by atoms with E-state index in [1.807, 2.05) is 0 Å². The molecule has 2 N–H and O–H groups in total. The van der Waals surface area contributed by atoms with Gasteiger partial charge in [0, 0.05) is 12.6 Å². The van der Waals surface area contributed by atoms with Crippen molar-refractivity contribution in [3.05, 3.63) is 17.0 Å². The van der Waals surface area contributed by atoms with Crippen LogP contribution in [0.2, 0.25) is 0 Å². The van der Waals surface area contributed by atoms with Crippen LogP contribution in [0.5, 0.6) is 0 Å². The zero-order valence-corrected chi connectivity index (χ0v) is 10.4. The Kier molecular flexibility index (Phi) is 3.78. The Morgan fingerprint density at radius 3 is 3.00 bits per heavy atom. The van der Waals surface area contributed by atoms with E-state index in [1.54, 1.807) is 13.8 Å². The molecule has 1 fully saturated rings. The fourth-order valence-corrected chi connectivity index (χ4v) is 2.26. The molecule has 0 aromatic carbocycles. The number of carbonyl (C=O) groups excluding carboxylic acids is 1. The molecule has 5 heteroatoms. The van der Waals surface area contributed by atoms with Crippen molar-refractivity contribution >= 4 is 5.91 Å². The summed E-state index contributed by atoms with van der Waals surface area (Å²) in [6, 6.07) is 0.556. The summed E-state index contributed by atoms with van der Waals surface area (Å²) >= 11 is 0. The summed E-state index contributed by atoms with van der Waals surface area (Å²) in [4.78, 5) is 11.9. The zero-order chi connectivity index (χ0) is 12.3. The SMILES string of the molecule is Cc1noc(C)c1C(=O)NCC[C@H]1CCCN1. The summed E-state index contributed by atoms with van der Waals surface area (Å²) < 4.78 is 4.97. The van der Waals surface area contributed by atoms with Gasteiger partial charge >= 0.3 is 0 Å². The van der Waals surface area contributed by atoms with Crippen LogP contribution < -0.4 is 10.6 Å². The lowest BCUT2D eigenvalue weighted by atomic mass is 10.1. The smallest absolute Gasteiger partial charge is 0.256 e. The molecule has 1 aliphatic heterocycles. The second-order valence-electron chi connectivity index (χ2n) is 4.54. The Bertz CT molecular complexity index is 375. The number of rotatable bonds is 4. The minimum atomic E-state index is -0.0840. The van der Waals surface area contributed by atoms with Gasteiger partial charge in [0.25, 0.3) is 5.91 Å². The first-order valence-electron chi connectivity index (χ1n) is 6.13. The van der Waals surface area contributed by atoms with Gasteiger partial charge in [0.15, 0.2) is 0 Å². The first-order chi connectivity index (χ1) is 8.18. The van der Waals surface area contributed by atoms with Crippen molar-refractivity contribution in [1.29, 1.82) is 0 Å². The van der Waals surface area contributed by atoms with E-state index < -0.39 is 0 Å². The lowest BCUT2D eigenvalue weighted by Gasteiger charge is -2.10. The molecule has 0 unspecified atom stereocenters. The maximum Gasteiger partial charge on any atom is 0.256 e. The van der Waals surface area contributed by atoms with E-state index in [-0.39, 0.29) is 5.91 Å². The monoisotopic (exact) mass is 237 g/mol. The van der Waals surface area contributed by atoms with Gasteiger partial charge in [-0.3, -0.25) is 4.79 Å². The van der Waals surface area contributed by atoms with Crippen LogP contribution in [-0.2, 0) is 0 Å². The van der Waals surface area contributed by atoms with Gasteiger partial charge in [-0.05, 0) is 39.7 Å². The molecular weight excluding hydrogens is 218 g/mol. The molecule has 94 valence electrons. The molecule has 0 aliphatic carbocycles. The maximum atomic E-state index is 11.9. The molecule has 0 spiro atoms. The molecule has 2 heterocycles. The van der Waals surface area contributed by atoms with Crippen molar-refractivity contribution < 1.29 is 9.32 Å². The van der Waals surface area contributed by atoms with Gasteiger partial charge in [0.1, 0.15) is 11.3 Å². The highest BCUT2D eigenvalue weighted by Gasteiger charge is 2.18. The Morgan fingerprint density at radius 1 is 1.59 bits per heavy atom. The molecule has 0 saturated carbocycles. The van der Waals surface area contributed by atoms with E-state index in [9.17, 15) is 4.79 Å². The molecule has 1 atom stereocenters. The highest BCUT2D eigenvalue weighted by atomic mass is 16.5. The summed E-state index contributed by atoms with van der Waals surface area (Å²) in [5, 5.41) is 10.1. The van der Waals surface area contributed by atoms with E-state index in [4.69, 9.17) is 4.52 Å². The Hall–Kier alpha value is -1.36. The zero-order valence-electron chi connectivity index (χ0n) is 10.4. The summed E-state index contributed by atoms with van der Waals surface area (Å²) in [6.45, 7) is 5.33. The van der Waals surface area contributed by atoms with Crippen molar-refractivity contribution in [1.82, 2.24) is 15.8 Å². The van der Waals surface area contributed by atoms with Gasteiger partial charge in [-0.25, -0.2) is 0 Å². The molecule has 0 radical (unpaired) electrons. The molecule has 2 rings (SSSR count). The number of carbonyl (C=O) groups is 1. The van der Waals surface area contributed by atoms with Crippen LogP contribution in [0.25, 0.3) is 0 Å². The lowest BCUT2D eigenvalue weighted by molar-refractivity contribution is 0.0950. The maximum absolute atomic E-state index is 11.9. The highest BCUT2D eigenvalue weighted by Crippen LogP contribution is 2.12. The minimum absolute atomic E-state index is 0.0840. The Morgan fingerprint density at radius 2 is 2.41 bits per heavy atom. The predicted molar refractivity (Wildman–Crippen MR) is 64.0 cm³/mol. The fraction of sp³-hybridized carbons (Fsp3) is 0.667. The number of amides is 1. The topological polar surface area (TPSA) is 67.2 Å². The molecule has 1 aromatic rings. The van der Waals surface area contributed by atoms with Gasteiger partial charge in [-0.1, -0.05) is 5.16 Å². The van der Waals surface area contributed by atoms with E-state index in [1.165, 1.54) is 12.8 Å². The van der Waals surface area contributed by atoms with Crippen molar-refractivity contribution in [3.8, 4) is 0 Å². The number of hydrogen-bond donors (Lipinski definition) is 2. The third-order valence-electron chi connectivity index (χ3n) is 3.20. The first kappa shape index (κ1) is 12.1. The molecule has 5 nitrogen and oxygen atoms in total. The molecular formula is C12H19N3O2. The second kappa shape index (κ2) is 5.31. The lowest BCUT2D eigenvalue weighted by Crippen LogP contribution is -2.31. The van der Waals surface area contributed by atoms with Crippen molar-refractivity contribution in [2.24, 2.45) is 0 Å². The van der Waals surface area contributed by atoms with Crippen LogP contribution in [0.4, 0.5) is 0 Å². The first-order valence-corrected chi connectivity index (χ1v) is 6.13. The van der Waals surface area contributed by atoms with Crippen molar-refractivity contribution in [3.63, 3.8) is 0 Å². The third-order valence-corrected chi connectivity index (χ3v) is 3.20. The number of nitrogens with one attached hydrogen (secondary N) is 2. The Balaban J connectivity index is 1.81. The average molecular weight is 237 g/mol. The standard InChI is InChI=1S/C12H19N3O2/c1-8-11(9(2)17-15-8)12(16)14-7-5-10-4-3-6-13-10/h10,13H,3-7H2,1-2H3,(H,14,16)/t10-/m1/s1. The van der Waals surface area contributed by atoms with Crippen LogP contribution in [0.15, 0.2) is 4.52 Å². The van der Waals surface area contributed by atoms with Crippen LogP contribution in [0, 0.1) is 13.8 Å². The van der Waals surface area contributed by atoms with Gasteiger partial charge in [0.2, 0.25) is 0 Å². The largest absolute Gasteiger partial charge is 0.361 e. The third kappa shape index (κ3) is 2.85. The number of aryl methyl sites for hydroxylation is 2. The van der Waals surface area contributed by atoms with E-state index in [2.05, 4.69) is 15.8 Å². The number of hydrogen-bond acceptors (Lipinski definition) is 4.